The number of hydrogen-bond acceptors (Lipinski definition) is 4. The minimum absolute atomic E-state index is 0.233. The molecule has 0 bridgehead atoms. The third kappa shape index (κ3) is 3.19. The first-order valence-corrected chi connectivity index (χ1v) is 8.03. The molecule has 0 amide bonds. The molecule has 1 aromatic heterocycles. The topological polar surface area (TPSA) is 32.5 Å². The van der Waals surface area contributed by atoms with Gasteiger partial charge in [0.05, 0.1) is 6.04 Å². The van der Waals surface area contributed by atoms with E-state index in [9.17, 15) is 0 Å². The van der Waals surface area contributed by atoms with Crippen molar-refractivity contribution >= 4 is 11.3 Å². The highest BCUT2D eigenvalue weighted by atomic mass is 32.1. The molecule has 1 unspecified atom stereocenters. The van der Waals surface area contributed by atoms with Gasteiger partial charge >= 0.3 is 0 Å². The molecule has 0 aliphatic carbocycles. The minimum Gasteiger partial charge on any atom is -0.329 e. The quantitative estimate of drug-likeness (QED) is 0.919. The molecular formula is C15H27N3S. The van der Waals surface area contributed by atoms with Crippen molar-refractivity contribution in [3.63, 3.8) is 0 Å². The third-order valence-corrected chi connectivity index (χ3v) is 5.70. The van der Waals surface area contributed by atoms with Gasteiger partial charge in [0, 0.05) is 41.5 Å². The Morgan fingerprint density at radius 1 is 1.37 bits per heavy atom. The van der Waals surface area contributed by atoms with E-state index in [1.807, 2.05) is 11.3 Å². The van der Waals surface area contributed by atoms with Crippen molar-refractivity contribution in [1.82, 2.24) is 9.80 Å². The molecule has 0 aromatic carbocycles. The highest BCUT2D eigenvalue weighted by molar-refractivity contribution is 7.12. The summed E-state index contributed by atoms with van der Waals surface area (Å²) >= 11 is 1.92. The highest BCUT2D eigenvalue weighted by Gasteiger charge is 2.34. The molecule has 1 fully saturated rings. The molecule has 1 saturated heterocycles. The Hall–Kier alpha value is -0.420. The van der Waals surface area contributed by atoms with E-state index >= 15 is 0 Å². The van der Waals surface area contributed by atoms with E-state index in [1.54, 1.807) is 0 Å². The fourth-order valence-electron chi connectivity index (χ4n) is 2.75. The van der Waals surface area contributed by atoms with Crippen LogP contribution in [0.5, 0.6) is 0 Å². The van der Waals surface area contributed by atoms with Gasteiger partial charge in [0.15, 0.2) is 0 Å². The average Bonchev–Trinajstić information content (AvgIpc) is 2.83. The Morgan fingerprint density at radius 2 is 2.11 bits per heavy atom. The monoisotopic (exact) mass is 281 g/mol. The summed E-state index contributed by atoms with van der Waals surface area (Å²) in [6, 6.07) is 4.91. The van der Waals surface area contributed by atoms with Gasteiger partial charge in [0.2, 0.25) is 0 Å². The standard InChI is InChI=1S/C15H27N3S/c1-5-12-6-7-14(19-12)13(10-16)18-9-8-17(4)15(2,3)11-18/h6-7,13H,5,8-11,16H2,1-4H3. The minimum atomic E-state index is 0.233. The van der Waals surface area contributed by atoms with Gasteiger partial charge in [-0.2, -0.15) is 0 Å². The van der Waals surface area contributed by atoms with Gasteiger partial charge in [0.1, 0.15) is 0 Å². The number of nitrogens with two attached hydrogens (primary N) is 1. The zero-order valence-corrected chi connectivity index (χ0v) is 13.5. The van der Waals surface area contributed by atoms with Crippen molar-refractivity contribution in [3.8, 4) is 0 Å². The number of hydrogen-bond donors (Lipinski definition) is 1. The van der Waals surface area contributed by atoms with E-state index in [-0.39, 0.29) is 5.54 Å². The Labute approximate surface area is 121 Å². The highest BCUT2D eigenvalue weighted by Crippen LogP contribution is 2.31. The van der Waals surface area contributed by atoms with E-state index in [4.69, 9.17) is 5.73 Å². The van der Waals surface area contributed by atoms with Crippen LogP contribution in [0.4, 0.5) is 0 Å². The van der Waals surface area contributed by atoms with Gasteiger partial charge in [-0.05, 0) is 39.4 Å². The van der Waals surface area contributed by atoms with Crippen LogP contribution >= 0.6 is 11.3 Å². The number of aryl methyl sites for hydroxylation is 1. The Kier molecular flexibility index (Phi) is 4.66. The molecule has 2 heterocycles. The molecule has 1 atom stereocenters. The van der Waals surface area contributed by atoms with Crippen molar-refractivity contribution in [2.75, 3.05) is 33.2 Å². The number of nitrogens with zero attached hydrogens (tertiary/aromatic N) is 2. The van der Waals surface area contributed by atoms with Crippen LogP contribution in [0.25, 0.3) is 0 Å². The van der Waals surface area contributed by atoms with Crippen molar-refractivity contribution < 1.29 is 0 Å². The summed E-state index contributed by atoms with van der Waals surface area (Å²) in [5.74, 6) is 0. The van der Waals surface area contributed by atoms with Crippen molar-refractivity contribution in [2.24, 2.45) is 5.73 Å². The van der Waals surface area contributed by atoms with Crippen LogP contribution in [-0.2, 0) is 6.42 Å². The fraction of sp³-hybridized carbons (Fsp3) is 0.733. The summed E-state index contributed by atoms with van der Waals surface area (Å²) in [5.41, 5.74) is 6.29. The summed E-state index contributed by atoms with van der Waals surface area (Å²) in [4.78, 5) is 7.90. The molecule has 4 heteroatoms. The first kappa shape index (κ1) is 15.0. The summed E-state index contributed by atoms with van der Waals surface area (Å²) < 4.78 is 0. The molecule has 2 rings (SSSR count). The molecule has 0 spiro atoms. The van der Waals surface area contributed by atoms with E-state index in [1.165, 1.54) is 9.75 Å². The summed E-state index contributed by atoms with van der Waals surface area (Å²) in [7, 11) is 2.22. The van der Waals surface area contributed by atoms with Gasteiger partial charge in [-0.25, -0.2) is 0 Å². The molecule has 19 heavy (non-hydrogen) atoms. The van der Waals surface area contributed by atoms with Gasteiger partial charge in [-0.3, -0.25) is 9.80 Å². The van der Waals surface area contributed by atoms with Gasteiger partial charge in [-0.1, -0.05) is 6.92 Å². The predicted molar refractivity (Wildman–Crippen MR) is 83.8 cm³/mol. The normalized spacial score (nSPS) is 22.6. The second-order valence-electron chi connectivity index (χ2n) is 6.11. The second kappa shape index (κ2) is 5.92. The van der Waals surface area contributed by atoms with Crippen LogP contribution in [0.1, 0.15) is 36.6 Å². The number of likely N-dealkylation sites (N-methyl/N-ethyl adjacent to an activating group) is 1. The third-order valence-electron chi connectivity index (χ3n) is 4.37. The summed E-state index contributed by atoms with van der Waals surface area (Å²) in [5, 5.41) is 0. The maximum atomic E-state index is 6.06. The molecule has 1 aliphatic heterocycles. The second-order valence-corrected chi connectivity index (χ2v) is 7.31. The van der Waals surface area contributed by atoms with Gasteiger partial charge in [-0.15, -0.1) is 11.3 Å². The van der Waals surface area contributed by atoms with Gasteiger partial charge in [0.25, 0.3) is 0 Å². The largest absolute Gasteiger partial charge is 0.329 e. The van der Waals surface area contributed by atoms with E-state index in [0.717, 1.165) is 26.1 Å². The van der Waals surface area contributed by atoms with Crippen LogP contribution in [0.3, 0.4) is 0 Å². The fourth-order valence-corrected chi connectivity index (χ4v) is 3.85. The van der Waals surface area contributed by atoms with Crippen LogP contribution in [0, 0.1) is 0 Å². The molecule has 108 valence electrons. The molecule has 1 aliphatic rings. The average molecular weight is 281 g/mol. The number of piperazine rings is 1. The van der Waals surface area contributed by atoms with Crippen LogP contribution in [0.2, 0.25) is 0 Å². The summed E-state index contributed by atoms with van der Waals surface area (Å²) in [6.07, 6.45) is 1.12. The number of thiophene rings is 1. The zero-order valence-electron chi connectivity index (χ0n) is 12.6. The van der Waals surface area contributed by atoms with Crippen molar-refractivity contribution in [3.05, 3.63) is 21.9 Å². The molecular weight excluding hydrogens is 254 g/mol. The maximum absolute atomic E-state index is 6.06. The van der Waals surface area contributed by atoms with E-state index in [2.05, 4.69) is 49.8 Å². The Bertz CT molecular complexity index is 413. The molecule has 0 saturated carbocycles. The number of rotatable bonds is 4. The first-order valence-electron chi connectivity index (χ1n) is 7.22. The van der Waals surface area contributed by atoms with Crippen LogP contribution in [0.15, 0.2) is 12.1 Å². The Morgan fingerprint density at radius 3 is 2.63 bits per heavy atom. The summed E-state index contributed by atoms with van der Waals surface area (Å²) in [6.45, 7) is 10.9. The lowest BCUT2D eigenvalue weighted by Gasteiger charge is -2.47. The first-order chi connectivity index (χ1) is 8.97. The smallest absolute Gasteiger partial charge is 0.0565 e. The van der Waals surface area contributed by atoms with E-state index < -0.39 is 0 Å². The zero-order chi connectivity index (χ0) is 14.0. The van der Waals surface area contributed by atoms with E-state index in [0.29, 0.717) is 12.6 Å². The molecule has 1 aromatic rings. The van der Waals surface area contributed by atoms with Crippen molar-refractivity contribution in [1.29, 1.82) is 0 Å². The Balaban J connectivity index is 2.14. The molecule has 2 N–H and O–H groups in total. The van der Waals surface area contributed by atoms with Crippen LogP contribution in [-0.4, -0.2) is 48.6 Å². The molecule has 0 radical (unpaired) electrons. The maximum Gasteiger partial charge on any atom is 0.0565 e. The SMILES string of the molecule is CCc1ccc(C(CN)N2CCN(C)C(C)(C)C2)s1. The van der Waals surface area contributed by atoms with Crippen LogP contribution < -0.4 is 5.73 Å². The molecule has 3 nitrogen and oxygen atoms in total. The predicted octanol–water partition coefficient (Wildman–Crippen LogP) is 2.34. The lowest BCUT2D eigenvalue weighted by molar-refractivity contribution is 0.0188. The van der Waals surface area contributed by atoms with Crippen molar-refractivity contribution in [2.45, 2.75) is 38.8 Å². The lowest BCUT2D eigenvalue weighted by atomic mass is 9.98. The van der Waals surface area contributed by atoms with Gasteiger partial charge < -0.3 is 5.73 Å². The lowest BCUT2D eigenvalue weighted by Crippen LogP contribution is -2.58.